The quantitative estimate of drug-likeness (QED) is 0.435. The summed E-state index contributed by atoms with van der Waals surface area (Å²) in [6, 6.07) is 9.93. The predicted molar refractivity (Wildman–Crippen MR) is 77.9 cm³/mol. The van der Waals surface area contributed by atoms with Crippen LogP contribution in [-0.4, -0.2) is 18.9 Å². The fourth-order valence-electron chi connectivity index (χ4n) is 2.14. The Labute approximate surface area is 120 Å². The number of carbonyl (C=O) groups is 2. The molecule has 0 saturated heterocycles. The Balaban J connectivity index is 2.58. The lowest BCUT2D eigenvalue weighted by atomic mass is 9.90. The normalized spacial score (nSPS) is 13.1. The van der Waals surface area contributed by atoms with Crippen LogP contribution in [0, 0.1) is 24.2 Å². The van der Waals surface area contributed by atoms with E-state index in [-0.39, 0.29) is 11.7 Å². The van der Waals surface area contributed by atoms with Crippen LogP contribution in [0.1, 0.15) is 25.3 Å². The number of ether oxygens (including phenoxy) is 1. The zero-order chi connectivity index (χ0) is 15.0. The minimum Gasteiger partial charge on any atom is -0.468 e. The number of terminal acetylenes is 1. The summed E-state index contributed by atoms with van der Waals surface area (Å²) in [6.07, 6.45) is 7.36. The molecule has 0 N–H and O–H groups in total. The third kappa shape index (κ3) is 4.89. The van der Waals surface area contributed by atoms with Crippen molar-refractivity contribution in [1.82, 2.24) is 0 Å². The molecule has 106 valence electrons. The van der Waals surface area contributed by atoms with Gasteiger partial charge in [-0.15, -0.1) is 12.3 Å². The van der Waals surface area contributed by atoms with Crippen molar-refractivity contribution in [3.05, 3.63) is 35.9 Å². The molecule has 0 aliphatic heterocycles. The largest absolute Gasteiger partial charge is 0.468 e. The average molecular weight is 272 g/mol. The molecular weight excluding hydrogens is 252 g/mol. The summed E-state index contributed by atoms with van der Waals surface area (Å²) in [5.41, 5.74) is 1.16. The molecule has 1 rings (SSSR count). The molecule has 0 aromatic heterocycles. The molecule has 0 radical (unpaired) electrons. The Kier molecular flexibility index (Phi) is 6.52. The van der Waals surface area contributed by atoms with E-state index < -0.39 is 11.9 Å². The van der Waals surface area contributed by atoms with Crippen LogP contribution in [0.4, 0.5) is 0 Å². The number of methoxy groups -OCH3 is 1. The lowest BCUT2D eigenvalue weighted by molar-refractivity contribution is -0.149. The van der Waals surface area contributed by atoms with E-state index in [2.05, 4.69) is 10.7 Å². The van der Waals surface area contributed by atoms with Crippen molar-refractivity contribution >= 4 is 11.8 Å². The summed E-state index contributed by atoms with van der Waals surface area (Å²) in [5, 5.41) is 0. The minimum absolute atomic E-state index is 0.0175. The maximum atomic E-state index is 11.5. The van der Waals surface area contributed by atoms with Crippen LogP contribution in [0.15, 0.2) is 30.3 Å². The summed E-state index contributed by atoms with van der Waals surface area (Å²) in [5.74, 6) is 1.40. The first-order chi connectivity index (χ1) is 9.58. The monoisotopic (exact) mass is 272 g/mol. The first kappa shape index (κ1) is 16.0. The Morgan fingerprint density at radius 3 is 2.40 bits per heavy atom. The molecule has 0 bridgehead atoms. The highest BCUT2D eigenvalue weighted by Crippen LogP contribution is 2.18. The van der Waals surface area contributed by atoms with Gasteiger partial charge in [0.05, 0.1) is 7.11 Å². The van der Waals surface area contributed by atoms with Crippen LogP contribution in [0.3, 0.4) is 0 Å². The molecule has 0 saturated carbocycles. The number of benzene rings is 1. The summed E-state index contributed by atoms with van der Waals surface area (Å²) < 4.78 is 4.65. The van der Waals surface area contributed by atoms with Crippen LogP contribution < -0.4 is 0 Å². The van der Waals surface area contributed by atoms with Gasteiger partial charge >= 0.3 is 5.97 Å². The number of Topliss-reactive ketones (excluding diaryl/α,β-unsaturated/α-hetero) is 1. The molecule has 0 heterocycles. The van der Waals surface area contributed by atoms with Crippen LogP contribution in [0.25, 0.3) is 0 Å². The first-order valence-corrected chi connectivity index (χ1v) is 6.66. The summed E-state index contributed by atoms with van der Waals surface area (Å²) in [7, 11) is 1.29. The molecule has 20 heavy (non-hydrogen) atoms. The number of esters is 1. The Bertz CT molecular complexity index is 485. The van der Waals surface area contributed by atoms with Gasteiger partial charge in [-0.05, 0) is 31.7 Å². The van der Waals surface area contributed by atoms with Gasteiger partial charge in [0, 0.05) is 5.92 Å². The van der Waals surface area contributed by atoms with Crippen molar-refractivity contribution in [2.75, 3.05) is 7.11 Å². The van der Waals surface area contributed by atoms with Crippen molar-refractivity contribution in [1.29, 1.82) is 0 Å². The van der Waals surface area contributed by atoms with Crippen molar-refractivity contribution in [3.8, 4) is 12.3 Å². The van der Waals surface area contributed by atoms with E-state index in [0.29, 0.717) is 12.8 Å². The van der Waals surface area contributed by atoms with E-state index in [1.165, 1.54) is 14.0 Å². The molecule has 0 aliphatic carbocycles. The van der Waals surface area contributed by atoms with E-state index in [9.17, 15) is 9.59 Å². The molecule has 0 fully saturated rings. The van der Waals surface area contributed by atoms with Crippen molar-refractivity contribution in [3.63, 3.8) is 0 Å². The molecule has 1 aromatic carbocycles. The third-order valence-electron chi connectivity index (χ3n) is 3.34. The van der Waals surface area contributed by atoms with Crippen molar-refractivity contribution in [2.24, 2.45) is 11.8 Å². The van der Waals surface area contributed by atoms with E-state index in [0.717, 1.165) is 12.0 Å². The molecule has 0 amide bonds. The summed E-state index contributed by atoms with van der Waals surface area (Å²) in [6.45, 7) is 1.41. The van der Waals surface area contributed by atoms with E-state index in [1.54, 1.807) is 0 Å². The van der Waals surface area contributed by atoms with Gasteiger partial charge in [0.1, 0.15) is 11.7 Å². The summed E-state index contributed by atoms with van der Waals surface area (Å²) >= 11 is 0. The zero-order valence-electron chi connectivity index (χ0n) is 12.0. The highest BCUT2D eigenvalue weighted by molar-refractivity contribution is 5.97. The van der Waals surface area contributed by atoms with Crippen LogP contribution >= 0.6 is 0 Å². The molecule has 2 unspecified atom stereocenters. The van der Waals surface area contributed by atoms with Gasteiger partial charge in [-0.1, -0.05) is 30.3 Å². The number of ketones is 1. The molecule has 3 heteroatoms. The van der Waals surface area contributed by atoms with Crippen LogP contribution in [0.2, 0.25) is 0 Å². The molecule has 2 atom stereocenters. The SMILES string of the molecule is C#CC(CCC(C(C)=O)C(=O)OC)Cc1ccccc1. The Morgan fingerprint density at radius 2 is 1.90 bits per heavy atom. The molecule has 0 aliphatic rings. The van der Waals surface area contributed by atoms with Gasteiger partial charge in [0.25, 0.3) is 0 Å². The number of hydrogen-bond donors (Lipinski definition) is 0. The smallest absolute Gasteiger partial charge is 0.316 e. The molecular formula is C17H20O3. The summed E-state index contributed by atoms with van der Waals surface area (Å²) in [4.78, 5) is 23.0. The fraction of sp³-hybridized carbons (Fsp3) is 0.412. The number of rotatable bonds is 7. The van der Waals surface area contributed by atoms with Gasteiger partial charge in [0.15, 0.2) is 0 Å². The lowest BCUT2D eigenvalue weighted by Crippen LogP contribution is -2.24. The zero-order valence-corrected chi connectivity index (χ0v) is 12.0. The second-order valence-electron chi connectivity index (χ2n) is 4.82. The maximum absolute atomic E-state index is 11.5. The van der Waals surface area contributed by atoms with Crippen molar-refractivity contribution in [2.45, 2.75) is 26.2 Å². The van der Waals surface area contributed by atoms with Gasteiger partial charge in [-0.25, -0.2) is 0 Å². The first-order valence-electron chi connectivity index (χ1n) is 6.66. The van der Waals surface area contributed by atoms with Gasteiger partial charge < -0.3 is 4.74 Å². The topological polar surface area (TPSA) is 43.4 Å². The van der Waals surface area contributed by atoms with E-state index in [1.807, 2.05) is 30.3 Å². The number of carbonyl (C=O) groups excluding carboxylic acids is 2. The van der Waals surface area contributed by atoms with Gasteiger partial charge in [-0.2, -0.15) is 0 Å². The van der Waals surface area contributed by atoms with Gasteiger partial charge in [0.2, 0.25) is 0 Å². The maximum Gasteiger partial charge on any atom is 0.316 e. The molecule has 1 aromatic rings. The average Bonchev–Trinajstić information content (AvgIpc) is 2.46. The van der Waals surface area contributed by atoms with Crippen LogP contribution in [-0.2, 0) is 20.7 Å². The molecule has 3 nitrogen and oxygen atoms in total. The van der Waals surface area contributed by atoms with E-state index in [4.69, 9.17) is 6.42 Å². The standard InChI is InChI=1S/C17H20O3/c1-4-14(12-15-8-6-5-7-9-15)10-11-16(13(2)18)17(19)20-3/h1,5-9,14,16H,10-12H2,2-3H3. The van der Waals surface area contributed by atoms with E-state index >= 15 is 0 Å². The lowest BCUT2D eigenvalue weighted by Gasteiger charge is -2.15. The van der Waals surface area contributed by atoms with Crippen molar-refractivity contribution < 1.29 is 14.3 Å². The second-order valence-corrected chi connectivity index (χ2v) is 4.82. The molecule has 0 spiro atoms. The fourth-order valence-corrected chi connectivity index (χ4v) is 2.14. The Hall–Kier alpha value is -2.08. The second kappa shape index (κ2) is 8.16. The Morgan fingerprint density at radius 1 is 1.25 bits per heavy atom. The van der Waals surface area contributed by atoms with Crippen LogP contribution in [0.5, 0.6) is 0 Å². The predicted octanol–water partition coefficient (Wildman–Crippen LogP) is 2.64. The number of hydrogen-bond acceptors (Lipinski definition) is 3. The minimum atomic E-state index is -0.702. The highest BCUT2D eigenvalue weighted by Gasteiger charge is 2.24. The third-order valence-corrected chi connectivity index (χ3v) is 3.34. The van der Waals surface area contributed by atoms with Gasteiger partial charge in [-0.3, -0.25) is 9.59 Å². The highest BCUT2D eigenvalue weighted by atomic mass is 16.5.